The molecule has 0 aromatic carbocycles. The van der Waals surface area contributed by atoms with Gasteiger partial charge in [-0.3, -0.25) is 24.7 Å². The lowest BCUT2D eigenvalue weighted by molar-refractivity contribution is -0.152. The van der Waals surface area contributed by atoms with Crippen LogP contribution in [0, 0.1) is 5.92 Å². The molecule has 92 valence electrons. The number of nitrogens with zero attached hydrogens (tertiary/aromatic N) is 1. The molecule has 0 atom stereocenters. The third-order valence-corrected chi connectivity index (χ3v) is 3.51. The van der Waals surface area contributed by atoms with E-state index in [4.69, 9.17) is 0 Å². The molecule has 2 aliphatic heterocycles. The molecule has 4 rings (SSSR count). The summed E-state index contributed by atoms with van der Waals surface area (Å²) in [5.41, 5.74) is -0.508. The maximum atomic E-state index is 12.0. The molecule has 1 aliphatic carbocycles. The van der Waals surface area contributed by atoms with E-state index in [0.717, 1.165) is 0 Å². The third-order valence-electron chi connectivity index (χ3n) is 3.51. The van der Waals surface area contributed by atoms with Crippen molar-refractivity contribution in [3.8, 4) is 0 Å². The van der Waals surface area contributed by atoms with Gasteiger partial charge < -0.3 is 5.32 Å². The van der Waals surface area contributed by atoms with Gasteiger partial charge in [0, 0.05) is 18.3 Å². The lowest BCUT2D eigenvalue weighted by atomic mass is 9.64. The van der Waals surface area contributed by atoms with E-state index in [1.807, 2.05) is 0 Å². The molecule has 18 heavy (non-hydrogen) atoms. The fraction of sp³-hybridized carbons (Fsp3) is 0.333. The van der Waals surface area contributed by atoms with Crippen molar-refractivity contribution in [2.75, 3.05) is 0 Å². The van der Waals surface area contributed by atoms with E-state index < -0.39 is 11.4 Å². The standard InChI is InChI=1S/C12H11N3O3/c16-9-8-4-12(5-8,11(18)14-9)15-10(17)7-2-1-3-13-6-7/h1-3,6,8H,4-5H2,(H,15,17)(H,14,16,18). The monoisotopic (exact) mass is 245 g/mol. The average Bonchev–Trinajstić information content (AvgIpc) is 2.32. The molecule has 1 saturated carbocycles. The average molecular weight is 245 g/mol. The SMILES string of the molecule is O=C(NC12CC(C1)C(=O)NC2=O)c1cccnc1. The highest BCUT2D eigenvalue weighted by Gasteiger charge is 2.58. The quantitative estimate of drug-likeness (QED) is 0.695. The van der Waals surface area contributed by atoms with Gasteiger partial charge >= 0.3 is 0 Å². The zero-order valence-electron chi connectivity index (χ0n) is 9.47. The van der Waals surface area contributed by atoms with Crippen molar-refractivity contribution >= 4 is 17.7 Å². The highest BCUT2D eigenvalue weighted by molar-refractivity contribution is 6.09. The number of carbonyl (C=O) groups is 3. The zero-order chi connectivity index (χ0) is 12.8. The third kappa shape index (κ3) is 1.49. The fourth-order valence-corrected chi connectivity index (χ4v) is 2.43. The van der Waals surface area contributed by atoms with E-state index in [2.05, 4.69) is 15.6 Å². The predicted molar refractivity (Wildman–Crippen MR) is 60.3 cm³/mol. The van der Waals surface area contributed by atoms with Crippen molar-refractivity contribution in [3.05, 3.63) is 30.1 Å². The summed E-state index contributed by atoms with van der Waals surface area (Å²) in [6.07, 6.45) is 3.79. The summed E-state index contributed by atoms with van der Waals surface area (Å²) < 4.78 is 0. The van der Waals surface area contributed by atoms with Gasteiger partial charge in [0.2, 0.25) is 5.91 Å². The Morgan fingerprint density at radius 2 is 2.22 bits per heavy atom. The number of pyridine rings is 1. The number of aromatic nitrogens is 1. The molecule has 6 heteroatoms. The summed E-state index contributed by atoms with van der Waals surface area (Å²) >= 11 is 0. The van der Waals surface area contributed by atoms with Gasteiger partial charge in [-0.15, -0.1) is 0 Å². The first-order chi connectivity index (χ1) is 8.61. The second-order valence-electron chi connectivity index (χ2n) is 4.70. The van der Waals surface area contributed by atoms with Crippen LogP contribution in [0.2, 0.25) is 0 Å². The van der Waals surface area contributed by atoms with Crippen LogP contribution < -0.4 is 10.6 Å². The molecular formula is C12H11N3O3. The first-order valence-electron chi connectivity index (χ1n) is 5.69. The van der Waals surface area contributed by atoms with Gasteiger partial charge in [-0.05, 0) is 25.0 Å². The Hall–Kier alpha value is -2.24. The number of carbonyl (C=O) groups excluding carboxylic acids is 3. The van der Waals surface area contributed by atoms with Crippen LogP contribution in [-0.2, 0) is 9.59 Å². The van der Waals surface area contributed by atoms with E-state index in [-0.39, 0.29) is 17.7 Å². The van der Waals surface area contributed by atoms with Gasteiger partial charge in [0.15, 0.2) is 0 Å². The zero-order valence-corrected chi connectivity index (χ0v) is 9.47. The summed E-state index contributed by atoms with van der Waals surface area (Å²) in [7, 11) is 0. The van der Waals surface area contributed by atoms with Crippen LogP contribution in [0.15, 0.2) is 24.5 Å². The molecular weight excluding hydrogens is 234 g/mol. The molecule has 2 saturated heterocycles. The van der Waals surface area contributed by atoms with Crippen molar-refractivity contribution in [2.24, 2.45) is 5.92 Å². The number of piperidine rings is 2. The van der Waals surface area contributed by atoms with Gasteiger partial charge in [-0.25, -0.2) is 0 Å². The van der Waals surface area contributed by atoms with Crippen molar-refractivity contribution in [2.45, 2.75) is 18.4 Å². The number of fused-ring (bicyclic) bond motifs is 2. The number of rotatable bonds is 2. The molecule has 6 nitrogen and oxygen atoms in total. The Balaban J connectivity index is 1.77. The van der Waals surface area contributed by atoms with E-state index in [1.54, 1.807) is 18.3 Å². The first kappa shape index (κ1) is 10.9. The Labute approximate surface area is 103 Å². The predicted octanol–water partition coefficient (Wildman–Crippen LogP) is -0.383. The number of hydrogen-bond acceptors (Lipinski definition) is 4. The van der Waals surface area contributed by atoms with Gasteiger partial charge in [0.05, 0.1) is 5.56 Å². The Morgan fingerprint density at radius 1 is 1.44 bits per heavy atom. The summed E-state index contributed by atoms with van der Waals surface area (Å²) in [5, 5.41) is 4.97. The number of nitrogens with one attached hydrogen (secondary N) is 2. The number of imide groups is 1. The molecule has 1 aromatic rings. The largest absolute Gasteiger partial charge is 0.337 e. The molecule has 0 spiro atoms. The summed E-state index contributed by atoms with van der Waals surface area (Å²) in [5.74, 6) is -1.15. The van der Waals surface area contributed by atoms with Crippen molar-refractivity contribution in [1.29, 1.82) is 0 Å². The van der Waals surface area contributed by atoms with Gasteiger partial charge in [-0.2, -0.15) is 0 Å². The Bertz CT molecular complexity index is 535. The normalized spacial score (nSPS) is 29.2. The van der Waals surface area contributed by atoms with Crippen LogP contribution in [0.4, 0.5) is 0 Å². The second kappa shape index (κ2) is 3.63. The Kier molecular flexibility index (Phi) is 2.19. The maximum absolute atomic E-state index is 12.0. The molecule has 0 radical (unpaired) electrons. The smallest absolute Gasteiger partial charge is 0.253 e. The van der Waals surface area contributed by atoms with Crippen LogP contribution in [0.25, 0.3) is 0 Å². The lowest BCUT2D eigenvalue weighted by Crippen LogP contribution is -2.73. The van der Waals surface area contributed by atoms with E-state index in [0.29, 0.717) is 18.4 Å². The molecule has 3 fully saturated rings. The van der Waals surface area contributed by atoms with Gasteiger partial charge in [0.25, 0.3) is 11.8 Å². The summed E-state index contributed by atoms with van der Waals surface area (Å²) in [4.78, 5) is 38.9. The van der Waals surface area contributed by atoms with Crippen LogP contribution in [0.1, 0.15) is 23.2 Å². The van der Waals surface area contributed by atoms with Crippen LogP contribution >= 0.6 is 0 Å². The van der Waals surface area contributed by atoms with Gasteiger partial charge in [0.1, 0.15) is 5.54 Å². The highest BCUT2D eigenvalue weighted by atomic mass is 16.2. The lowest BCUT2D eigenvalue weighted by Gasteiger charge is -2.49. The maximum Gasteiger partial charge on any atom is 0.253 e. The van der Waals surface area contributed by atoms with E-state index in [1.165, 1.54) is 6.20 Å². The first-order valence-corrected chi connectivity index (χ1v) is 5.69. The van der Waals surface area contributed by atoms with Crippen molar-refractivity contribution in [3.63, 3.8) is 0 Å². The number of amides is 3. The number of hydrogen-bond donors (Lipinski definition) is 2. The summed E-state index contributed by atoms with van der Waals surface area (Å²) in [6.45, 7) is 0. The molecule has 1 aromatic heterocycles. The van der Waals surface area contributed by atoms with E-state index in [9.17, 15) is 14.4 Å². The fourth-order valence-electron chi connectivity index (χ4n) is 2.43. The second-order valence-corrected chi connectivity index (χ2v) is 4.70. The molecule has 0 unspecified atom stereocenters. The van der Waals surface area contributed by atoms with Crippen LogP contribution in [0.5, 0.6) is 0 Å². The molecule has 2 bridgehead atoms. The topological polar surface area (TPSA) is 88.2 Å². The molecule has 3 heterocycles. The minimum absolute atomic E-state index is 0.156. The molecule has 3 aliphatic rings. The molecule has 2 N–H and O–H groups in total. The van der Waals surface area contributed by atoms with Crippen molar-refractivity contribution < 1.29 is 14.4 Å². The van der Waals surface area contributed by atoms with E-state index >= 15 is 0 Å². The summed E-state index contributed by atoms with van der Waals surface area (Å²) in [6, 6.07) is 3.28. The van der Waals surface area contributed by atoms with Crippen molar-refractivity contribution in [1.82, 2.24) is 15.6 Å². The minimum atomic E-state index is -0.911. The Morgan fingerprint density at radius 3 is 2.83 bits per heavy atom. The van der Waals surface area contributed by atoms with Gasteiger partial charge in [-0.1, -0.05) is 0 Å². The van der Waals surface area contributed by atoms with Crippen LogP contribution in [0.3, 0.4) is 0 Å². The highest BCUT2D eigenvalue weighted by Crippen LogP contribution is 2.41. The molecule has 3 amide bonds. The van der Waals surface area contributed by atoms with Crippen LogP contribution in [-0.4, -0.2) is 28.2 Å². The minimum Gasteiger partial charge on any atom is -0.337 e.